The lowest BCUT2D eigenvalue weighted by Crippen LogP contribution is -2.30. The monoisotopic (exact) mass is 303 g/mol. The van der Waals surface area contributed by atoms with Crippen molar-refractivity contribution in [3.8, 4) is 0 Å². The zero-order valence-electron chi connectivity index (χ0n) is 10.7. The Bertz CT molecular complexity index is 558. The van der Waals surface area contributed by atoms with Gasteiger partial charge in [-0.2, -0.15) is 4.31 Å². The summed E-state index contributed by atoms with van der Waals surface area (Å²) in [7, 11) is -1.99. The van der Waals surface area contributed by atoms with Gasteiger partial charge in [0, 0.05) is 13.6 Å². The van der Waals surface area contributed by atoms with Gasteiger partial charge < -0.3 is 5.11 Å². The fourth-order valence-corrected chi connectivity index (χ4v) is 4.98. The maximum atomic E-state index is 12.3. The van der Waals surface area contributed by atoms with Gasteiger partial charge in [0.15, 0.2) is 0 Å². The van der Waals surface area contributed by atoms with E-state index < -0.39 is 16.0 Å². The topological polar surface area (TPSA) is 74.7 Å². The van der Waals surface area contributed by atoms with E-state index in [4.69, 9.17) is 5.11 Å². The summed E-state index contributed by atoms with van der Waals surface area (Å²) >= 11 is 0.805. The third kappa shape index (κ3) is 3.16. The Hall–Kier alpha value is -0.920. The lowest BCUT2D eigenvalue weighted by atomic mass is 10.1. The van der Waals surface area contributed by atoms with Crippen LogP contribution in [0.2, 0.25) is 0 Å². The van der Waals surface area contributed by atoms with Gasteiger partial charge in [-0.25, -0.2) is 13.2 Å². The first-order valence-corrected chi connectivity index (χ1v) is 8.46. The van der Waals surface area contributed by atoms with Crippen molar-refractivity contribution in [1.29, 1.82) is 0 Å². The van der Waals surface area contributed by atoms with Gasteiger partial charge in [0.1, 0.15) is 9.09 Å². The minimum atomic E-state index is -3.55. The quantitative estimate of drug-likeness (QED) is 0.905. The maximum Gasteiger partial charge on any atom is 0.345 e. The number of thiophene rings is 1. The molecule has 0 atom stereocenters. The van der Waals surface area contributed by atoms with E-state index in [1.807, 2.05) is 0 Å². The van der Waals surface area contributed by atoms with Crippen LogP contribution in [0.1, 0.15) is 35.4 Å². The molecule has 0 bridgehead atoms. The van der Waals surface area contributed by atoms with Crippen LogP contribution in [0.5, 0.6) is 0 Å². The summed E-state index contributed by atoms with van der Waals surface area (Å²) in [6, 6.07) is 2.71. The van der Waals surface area contributed by atoms with Crippen LogP contribution in [0.4, 0.5) is 0 Å². The molecule has 106 valence electrons. The van der Waals surface area contributed by atoms with Gasteiger partial charge in [-0.05, 0) is 30.9 Å². The molecule has 0 spiro atoms. The highest BCUT2D eigenvalue weighted by molar-refractivity contribution is 7.91. The van der Waals surface area contributed by atoms with Crippen molar-refractivity contribution in [3.63, 3.8) is 0 Å². The maximum absolute atomic E-state index is 12.3. The molecule has 1 heterocycles. The number of carboxylic acids is 1. The van der Waals surface area contributed by atoms with Gasteiger partial charge in [0.25, 0.3) is 10.0 Å². The molecular formula is C12H17NO4S2. The summed E-state index contributed by atoms with van der Waals surface area (Å²) in [6.45, 7) is 0.517. The molecule has 1 fully saturated rings. The van der Waals surface area contributed by atoms with Crippen LogP contribution in [-0.4, -0.2) is 37.4 Å². The van der Waals surface area contributed by atoms with Crippen LogP contribution in [0.25, 0.3) is 0 Å². The standard InChI is InChI=1S/C12H17NO4S2/c1-13(8-9-4-2-3-5-9)19(16,17)11-7-6-10(18-11)12(14)15/h6-7,9H,2-5,8H2,1H3,(H,14,15). The average Bonchev–Trinajstić information content (AvgIpc) is 2.99. The number of hydrogen-bond donors (Lipinski definition) is 1. The van der Waals surface area contributed by atoms with E-state index in [2.05, 4.69) is 0 Å². The van der Waals surface area contributed by atoms with E-state index in [0.717, 1.165) is 24.2 Å². The third-order valence-corrected chi connectivity index (χ3v) is 6.81. The zero-order valence-corrected chi connectivity index (χ0v) is 12.3. The largest absolute Gasteiger partial charge is 0.477 e. The molecule has 1 aromatic rings. The minimum Gasteiger partial charge on any atom is -0.477 e. The molecule has 1 aliphatic rings. The summed E-state index contributed by atoms with van der Waals surface area (Å²) < 4.78 is 26.0. The van der Waals surface area contributed by atoms with E-state index in [1.165, 1.54) is 29.3 Å². The minimum absolute atomic E-state index is 0.0489. The summed E-state index contributed by atoms with van der Waals surface area (Å²) in [4.78, 5) is 10.8. The van der Waals surface area contributed by atoms with Crippen LogP contribution in [0.3, 0.4) is 0 Å². The average molecular weight is 303 g/mol. The molecule has 7 heteroatoms. The number of rotatable bonds is 5. The Morgan fingerprint density at radius 2 is 2.05 bits per heavy atom. The van der Waals surface area contributed by atoms with E-state index in [-0.39, 0.29) is 9.09 Å². The highest BCUT2D eigenvalue weighted by Gasteiger charge is 2.27. The van der Waals surface area contributed by atoms with Crippen LogP contribution in [0.15, 0.2) is 16.3 Å². The van der Waals surface area contributed by atoms with Crippen LogP contribution < -0.4 is 0 Å². The number of carbonyl (C=O) groups is 1. The van der Waals surface area contributed by atoms with Crippen molar-refractivity contribution in [2.75, 3.05) is 13.6 Å². The molecule has 2 rings (SSSR count). The molecular weight excluding hydrogens is 286 g/mol. The van der Waals surface area contributed by atoms with Gasteiger partial charge in [0.2, 0.25) is 0 Å². The first-order valence-electron chi connectivity index (χ1n) is 6.20. The fraction of sp³-hybridized carbons (Fsp3) is 0.583. The van der Waals surface area contributed by atoms with Crippen molar-refractivity contribution < 1.29 is 18.3 Å². The fourth-order valence-electron chi connectivity index (χ4n) is 2.38. The summed E-state index contributed by atoms with van der Waals surface area (Å²) in [5.74, 6) is -0.663. The molecule has 0 aromatic carbocycles. The molecule has 1 saturated carbocycles. The molecule has 1 N–H and O–H groups in total. The molecule has 0 radical (unpaired) electrons. The summed E-state index contributed by atoms with van der Waals surface area (Å²) in [5.41, 5.74) is 0. The lowest BCUT2D eigenvalue weighted by Gasteiger charge is -2.19. The van der Waals surface area contributed by atoms with E-state index in [0.29, 0.717) is 12.5 Å². The predicted octanol–water partition coefficient (Wildman–Crippen LogP) is 2.26. The molecule has 19 heavy (non-hydrogen) atoms. The molecule has 0 aliphatic heterocycles. The van der Waals surface area contributed by atoms with E-state index in [1.54, 1.807) is 7.05 Å². The Labute approximate surface area is 116 Å². The predicted molar refractivity (Wildman–Crippen MR) is 73.1 cm³/mol. The van der Waals surface area contributed by atoms with Gasteiger partial charge in [-0.15, -0.1) is 11.3 Å². The van der Waals surface area contributed by atoms with Crippen molar-refractivity contribution in [1.82, 2.24) is 4.31 Å². The number of sulfonamides is 1. The number of carboxylic acid groups (broad SMARTS) is 1. The van der Waals surface area contributed by atoms with Crippen LogP contribution in [0, 0.1) is 5.92 Å². The second-order valence-electron chi connectivity index (χ2n) is 4.86. The van der Waals surface area contributed by atoms with Crippen molar-refractivity contribution in [2.24, 2.45) is 5.92 Å². The van der Waals surface area contributed by atoms with Gasteiger partial charge >= 0.3 is 5.97 Å². The van der Waals surface area contributed by atoms with Crippen molar-refractivity contribution in [2.45, 2.75) is 29.9 Å². The Morgan fingerprint density at radius 3 is 2.58 bits per heavy atom. The van der Waals surface area contributed by atoms with Crippen molar-refractivity contribution >= 4 is 27.3 Å². The molecule has 1 aliphatic carbocycles. The van der Waals surface area contributed by atoms with Gasteiger partial charge in [-0.3, -0.25) is 0 Å². The molecule has 1 aromatic heterocycles. The Balaban J connectivity index is 2.13. The highest BCUT2D eigenvalue weighted by atomic mass is 32.2. The highest BCUT2D eigenvalue weighted by Crippen LogP contribution is 2.29. The molecule has 5 nitrogen and oxygen atoms in total. The zero-order chi connectivity index (χ0) is 14.0. The second kappa shape index (κ2) is 5.60. The number of nitrogens with zero attached hydrogens (tertiary/aromatic N) is 1. The number of aromatic carboxylic acids is 1. The normalized spacial score (nSPS) is 17.2. The van der Waals surface area contributed by atoms with E-state index in [9.17, 15) is 13.2 Å². The Morgan fingerprint density at radius 1 is 1.42 bits per heavy atom. The van der Waals surface area contributed by atoms with E-state index >= 15 is 0 Å². The molecule has 0 unspecified atom stereocenters. The summed E-state index contributed by atoms with van der Waals surface area (Å²) in [5, 5.41) is 8.83. The first kappa shape index (κ1) is 14.5. The first-order chi connectivity index (χ1) is 8.91. The van der Waals surface area contributed by atoms with Crippen molar-refractivity contribution in [3.05, 3.63) is 17.0 Å². The summed E-state index contributed by atoms with van der Waals surface area (Å²) in [6.07, 6.45) is 4.48. The molecule has 0 amide bonds. The van der Waals surface area contributed by atoms with Gasteiger partial charge in [0.05, 0.1) is 0 Å². The Kier molecular flexibility index (Phi) is 4.27. The van der Waals surface area contributed by atoms with Gasteiger partial charge in [-0.1, -0.05) is 12.8 Å². The third-order valence-electron chi connectivity index (χ3n) is 3.45. The number of hydrogen-bond acceptors (Lipinski definition) is 4. The second-order valence-corrected chi connectivity index (χ2v) is 8.22. The SMILES string of the molecule is CN(CC1CCCC1)S(=O)(=O)c1ccc(C(=O)O)s1. The smallest absolute Gasteiger partial charge is 0.345 e. The van der Waals surface area contributed by atoms with Crippen LogP contribution >= 0.6 is 11.3 Å². The van der Waals surface area contributed by atoms with Crippen LogP contribution in [-0.2, 0) is 10.0 Å². The molecule has 0 saturated heterocycles. The lowest BCUT2D eigenvalue weighted by molar-refractivity contribution is 0.0702.